The van der Waals surface area contributed by atoms with E-state index in [1.165, 1.54) is 11.8 Å². The SMILES string of the molecule is CCCCc1ccc(OCC(=O)N/N=C/c2ccc(OC(=O)c3ccc(Cl)cc3)cc2)cc1. The Morgan fingerprint density at radius 1 is 0.939 bits per heavy atom. The molecule has 0 spiro atoms. The zero-order valence-corrected chi connectivity index (χ0v) is 19.0. The highest BCUT2D eigenvalue weighted by molar-refractivity contribution is 6.30. The molecule has 6 nitrogen and oxygen atoms in total. The molecule has 0 fully saturated rings. The van der Waals surface area contributed by atoms with Gasteiger partial charge in [0.1, 0.15) is 11.5 Å². The average Bonchev–Trinajstić information content (AvgIpc) is 2.83. The van der Waals surface area contributed by atoms with Crippen molar-refractivity contribution in [2.24, 2.45) is 5.10 Å². The minimum atomic E-state index is -0.476. The molecule has 0 bridgehead atoms. The summed E-state index contributed by atoms with van der Waals surface area (Å²) >= 11 is 5.82. The summed E-state index contributed by atoms with van der Waals surface area (Å²) in [5.74, 6) is 0.189. The summed E-state index contributed by atoms with van der Waals surface area (Å²) < 4.78 is 10.8. The first-order chi connectivity index (χ1) is 16.0. The van der Waals surface area contributed by atoms with Crippen molar-refractivity contribution in [1.82, 2.24) is 5.43 Å². The molecule has 0 heterocycles. The summed E-state index contributed by atoms with van der Waals surface area (Å²) in [7, 11) is 0. The second-order valence-electron chi connectivity index (χ2n) is 7.29. The molecular formula is C26H25ClN2O4. The Hall–Kier alpha value is -3.64. The van der Waals surface area contributed by atoms with E-state index in [9.17, 15) is 9.59 Å². The molecular weight excluding hydrogens is 440 g/mol. The average molecular weight is 465 g/mol. The summed E-state index contributed by atoms with van der Waals surface area (Å²) in [6.45, 7) is 2.03. The highest BCUT2D eigenvalue weighted by Gasteiger charge is 2.08. The number of unbranched alkanes of at least 4 members (excludes halogenated alkanes) is 1. The van der Waals surface area contributed by atoms with E-state index in [-0.39, 0.29) is 12.5 Å². The summed E-state index contributed by atoms with van der Waals surface area (Å²) in [4.78, 5) is 24.1. The highest BCUT2D eigenvalue weighted by Crippen LogP contribution is 2.16. The number of rotatable bonds is 10. The molecule has 33 heavy (non-hydrogen) atoms. The van der Waals surface area contributed by atoms with Crippen molar-refractivity contribution in [1.29, 1.82) is 0 Å². The van der Waals surface area contributed by atoms with Crippen molar-refractivity contribution < 1.29 is 19.1 Å². The Bertz CT molecular complexity index is 1080. The maximum atomic E-state index is 12.1. The number of aryl methyl sites for hydroxylation is 1. The smallest absolute Gasteiger partial charge is 0.343 e. The molecule has 0 radical (unpaired) electrons. The van der Waals surface area contributed by atoms with Crippen LogP contribution >= 0.6 is 11.6 Å². The monoisotopic (exact) mass is 464 g/mol. The fourth-order valence-electron chi connectivity index (χ4n) is 2.87. The van der Waals surface area contributed by atoms with E-state index in [2.05, 4.69) is 17.5 Å². The van der Waals surface area contributed by atoms with Gasteiger partial charge in [-0.1, -0.05) is 37.1 Å². The van der Waals surface area contributed by atoms with Crippen LogP contribution in [0.2, 0.25) is 5.02 Å². The molecule has 7 heteroatoms. The van der Waals surface area contributed by atoms with Gasteiger partial charge in [-0.25, -0.2) is 10.2 Å². The quantitative estimate of drug-likeness (QED) is 0.188. The van der Waals surface area contributed by atoms with E-state index in [0.29, 0.717) is 22.1 Å². The maximum absolute atomic E-state index is 12.1. The second-order valence-corrected chi connectivity index (χ2v) is 7.73. The Balaban J connectivity index is 1.41. The van der Waals surface area contributed by atoms with Gasteiger partial charge in [0.15, 0.2) is 6.61 Å². The number of ether oxygens (including phenoxy) is 2. The Morgan fingerprint density at radius 3 is 2.27 bits per heavy atom. The van der Waals surface area contributed by atoms with Crippen LogP contribution in [0, 0.1) is 0 Å². The number of esters is 1. The third-order valence-corrected chi connectivity index (χ3v) is 4.94. The summed E-state index contributed by atoms with van der Waals surface area (Å²) in [6.07, 6.45) is 4.84. The minimum absolute atomic E-state index is 0.134. The number of benzene rings is 3. The lowest BCUT2D eigenvalue weighted by Crippen LogP contribution is -2.24. The maximum Gasteiger partial charge on any atom is 0.343 e. The van der Waals surface area contributed by atoms with Crippen LogP contribution in [-0.2, 0) is 11.2 Å². The summed E-state index contributed by atoms with van der Waals surface area (Å²) in [5.41, 5.74) is 4.81. The van der Waals surface area contributed by atoms with Gasteiger partial charge in [0.05, 0.1) is 11.8 Å². The third-order valence-electron chi connectivity index (χ3n) is 4.69. The number of hydrogen-bond acceptors (Lipinski definition) is 5. The molecule has 0 aliphatic rings. The first kappa shape index (κ1) is 24.0. The standard InChI is InChI=1S/C26H25ClN2O4/c1-2-3-4-19-5-13-23(14-6-19)32-18-25(30)29-28-17-20-7-15-24(16-8-20)33-26(31)21-9-11-22(27)12-10-21/h5-17H,2-4,18H2,1H3,(H,29,30)/b28-17+. The van der Waals surface area contributed by atoms with Gasteiger partial charge in [0.2, 0.25) is 0 Å². The Morgan fingerprint density at radius 2 is 1.61 bits per heavy atom. The normalized spacial score (nSPS) is 10.7. The van der Waals surface area contributed by atoms with Crippen LogP contribution < -0.4 is 14.9 Å². The number of halogens is 1. The zero-order chi connectivity index (χ0) is 23.5. The first-order valence-electron chi connectivity index (χ1n) is 10.6. The van der Waals surface area contributed by atoms with Gasteiger partial charge < -0.3 is 9.47 Å². The van der Waals surface area contributed by atoms with Crippen LogP contribution in [0.25, 0.3) is 0 Å². The van der Waals surface area contributed by atoms with Gasteiger partial charge in [-0.2, -0.15) is 5.10 Å². The van der Waals surface area contributed by atoms with Crippen LogP contribution in [-0.4, -0.2) is 24.7 Å². The third kappa shape index (κ3) is 8.09. The number of nitrogens with zero attached hydrogens (tertiary/aromatic N) is 1. The van der Waals surface area contributed by atoms with Crippen LogP contribution in [0.4, 0.5) is 0 Å². The van der Waals surface area contributed by atoms with Crippen molar-refractivity contribution in [3.05, 3.63) is 94.5 Å². The molecule has 0 aromatic heterocycles. The van der Waals surface area contributed by atoms with Crippen molar-refractivity contribution >= 4 is 29.7 Å². The Kier molecular flexibility index (Phi) is 9.03. The van der Waals surface area contributed by atoms with Gasteiger partial charge >= 0.3 is 5.97 Å². The molecule has 3 aromatic carbocycles. The number of carbonyl (C=O) groups is 2. The van der Waals surface area contributed by atoms with Crippen LogP contribution in [0.5, 0.6) is 11.5 Å². The van der Waals surface area contributed by atoms with E-state index < -0.39 is 5.97 Å². The molecule has 0 unspecified atom stereocenters. The van der Waals surface area contributed by atoms with Crippen molar-refractivity contribution in [3.63, 3.8) is 0 Å². The number of hydrogen-bond donors (Lipinski definition) is 1. The Labute approximate surface area is 198 Å². The van der Waals surface area contributed by atoms with E-state index >= 15 is 0 Å². The molecule has 1 amide bonds. The largest absolute Gasteiger partial charge is 0.484 e. The first-order valence-corrected chi connectivity index (χ1v) is 11.0. The number of amides is 1. The van der Waals surface area contributed by atoms with Gasteiger partial charge in [0.25, 0.3) is 5.91 Å². The van der Waals surface area contributed by atoms with E-state index in [1.807, 2.05) is 24.3 Å². The van der Waals surface area contributed by atoms with Crippen LogP contribution in [0.3, 0.4) is 0 Å². The van der Waals surface area contributed by atoms with Crippen LogP contribution in [0.15, 0.2) is 77.9 Å². The number of carbonyl (C=O) groups excluding carboxylic acids is 2. The number of nitrogens with one attached hydrogen (secondary N) is 1. The molecule has 170 valence electrons. The second kappa shape index (κ2) is 12.4. The lowest BCUT2D eigenvalue weighted by Gasteiger charge is -2.06. The van der Waals surface area contributed by atoms with Crippen LogP contribution in [0.1, 0.15) is 41.3 Å². The molecule has 3 rings (SSSR count). The predicted molar refractivity (Wildman–Crippen MR) is 129 cm³/mol. The topological polar surface area (TPSA) is 77.0 Å². The zero-order valence-electron chi connectivity index (χ0n) is 18.3. The molecule has 0 saturated carbocycles. The van der Waals surface area contributed by atoms with Crippen molar-refractivity contribution in [2.75, 3.05) is 6.61 Å². The summed E-state index contributed by atoms with van der Waals surface area (Å²) in [5, 5.41) is 4.47. The fraction of sp³-hybridized carbons (Fsp3) is 0.192. The number of hydrazone groups is 1. The molecule has 0 aliphatic heterocycles. The van der Waals surface area contributed by atoms with Gasteiger partial charge in [-0.3, -0.25) is 4.79 Å². The molecule has 1 N–H and O–H groups in total. The fourth-order valence-corrected chi connectivity index (χ4v) is 2.99. The minimum Gasteiger partial charge on any atom is -0.484 e. The predicted octanol–water partition coefficient (Wildman–Crippen LogP) is 5.43. The van der Waals surface area contributed by atoms with E-state index in [4.69, 9.17) is 21.1 Å². The lowest BCUT2D eigenvalue weighted by molar-refractivity contribution is -0.123. The van der Waals surface area contributed by atoms with E-state index in [1.54, 1.807) is 48.5 Å². The highest BCUT2D eigenvalue weighted by atomic mass is 35.5. The molecule has 0 aliphatic carbocycles. The molecule has 0 atom stereocenters. The van der Waals surface area contributed by atoms with E-state index in [0.717, 1.165) is 24.8 Å². The van der Waals surface area contributed by atoms with Gasteiger partial charge in [0, 0.05) is 5.02 Å². The van der Waals surface area contributed by atoms with Crippen molar-refractivity contribution in [3.8, 4) is 11.5 Å². The lowest BCUT2D eigenvalue weighted by atomic mass is 10.1. The van der Waals surface area contributed by atoms with Gasteiger partial charge in [-0.15, -0.1) is 0 Å². The summed E-state index contributed by atoms with van der Waals surface area (Å²) in [6, 6.07) is 20.9. The van der Waals surface area contributed by atoms with Crippen molar-refractivity contribution in [2.45, 2.75) is 26.2 Å². The van der Waals surface area contributed by atoms with Gasteiger partial charge in [-0.05, 0) is 84.6 Å². The molecule has 3 aromatic rings. The molecule has 0 saturated heterocycles.